The smallest absolute Gasteiger partial charge is 0.0128 e. The monoisotopic (exact) mass is 445 g/mol. The third-order valence-corrected chi connectivity index (χ3v) is 6.83. The van der Waals surface area contributed by atoms with Gasteiger partial charge < -0.3 is 0 Å². The highest BCUT2D eigenvalue weighted by Crippen LogP contribution is 2.39. The molecule has 0 spiro atoms. The van der Waals surface area contributed by atoms with Crippen LogP contribution in [0.3, 0.4) is 0 Å². The molecule has 0 aliphatic rings. The zero-order valence-corrected chi connectivity index (χ0v) is 20.9. The molecule has 0 nitrogen and oxygen atoms in total. The first kappa shape index (κ1) is 24.0. The maximum absolute atomic E-state index is 2.45. The normalized spacial score (nSPS) is 12.3. The van der Waals surface area contributed by atoms with E-state index in [-0.39, 0.29) is 0 Å². The lowest BCUT2D eigenvalue weighted by Crippen LogP contribution is -2.16. The summed E-state index contributed by atoms with van der Waals surface area (Å²) in [6, 6.07) is 40.3. The molecule has 4 aromatic carbocycles. The van der Waals surface area contributed by atoms with Gasteiger partial charge in [-0.1, -0.05) is 129 Å². The number of hydrogen-bond acceptors (Lipinski definition) is 0. The van der Waals surface area contributed by atoms with Gasteiger partial charge in [-0.25, -0.2) is 0 Å². The van der Waals surface area contributed by atoms with Gasteiger partial charge in [0.1, 0.15) is 0 Å². The van der Waals surface area contributed by atoms with E-state index in [1.165, 1.54) is 33.4 Å². The lowest BCUT2D eigenvalue weighted by Gasteiger charge is -2.29. The number of benzene rings is 4. The van der Waals surface area contributed by atoms with E-state index in [2.05, 4.69) is 130 Å². The van der Waals surface area contributed by atoms with Crippen LogP contribution in [-0.2, 0) is 12.8 Å². The van der Waals surface area contributed by atoms with E-state index in [0.29, 0.717) is 11.8 Å². The predicted molar refractivity (Wildman–Crippen MR) is 146 cm³/mol. The summed E-state index contributed by atoms with van der Waals surface area (Å²) in [7, 11) is 0. The maximum atomic E-state index is 2.45. The first-order valence-electron chi connectivity index (χ1n) is 12.7. The number of rotatable bonds is 10. The Hall–Kier alpha value is -3.12. The Morgan fingerprint density at radius 3 is 1.97 bits per heavy atom. The highest BCUT2D eigenvalue weighted by Gasteiger charge is 2.26. The van der Waals surface area contributed by atoms with Gasteiger partial charge in [-0.15, -0.1) is 0 Å². The molecule has 0 bridgehead atoms. The second-order valence-corrected chi connectivity index (χ2v) is 9.80. The minimum atomic E-state index is 0.360. The summed E-state index contributed by atoms with van der Waals surface area (Å²) in [5.41, 5.74) is 8.40. The Morgan fingerprint density at radius 2 is 1.29 bits per heavy atom. The van der Waals surface area contributed by atoms with Crippen LogP contribution in [-0.4, -0.2) is 0 Å². The van der Waals surface area contributed by atoms with Crippen LogP contribution in [0.2, 0.25) is 0 Å². The third-order valence-electron chi connectivity index (χ3n) is 6.83. The van der Waals surface area contributed by atoms with Crippen molar-refractivity contribution >= 4 is 0 Å². The van der Waals surface area contributed by atoms with E-state index in [1.54, 1.807) is 5.92 Å². The van der Waals surface area contributed by atoms with Gasteiger partial charge in [0, 0.05) is 5.92 Å². The van der Waals surface area contributed by atoms with Crippen molar-refractivity contribution in [2.24, 2.45) is 0 Å². The fraction of sp³-hybridized carbons (Fsp3) is 0.265. The summed E-state index contributed by atoms with van der Waals surface area (Å²) in [4.78, 5) is 0. The Bertz CT molecular complexity index is 1140. The molecule has 34 heavy (non-hydrogen) atoms. The number of aryl methyl sites for hydroxylation is 2. The van der Waals surface area contributed by atoms with Crippen molar-refractivity contribution in [2.45, 2.75) is 58.3 Å². The van der Waals surface area contributed by atoms with E-state index in [4.69, 9.17) is 0 Å². The lowest BCUT2D eigenvalue weighted by atomic mass is 9.74. The average molecular weight is 446 g/mol. The van der Waals surface area contributed by atoms with Crippen molar-refractivity contribution in [1.29, 1.82) is 0 Å². The van der Waals surface area contributed by atoms with E-state index >= 15 is 0 Å². The van der Waals surface area contributed by atoms with E-state index in [1.807, 2.05) is 0 Å². The zero-order chi connectivity index (χ0) is 23.8. The molecule has 1 radical (unpaired) electrons. The molecule has 0 heterocycles. The molecule has 1 unspecified atom stereocenters. The average Bonchev–Trinajstić information content (AvgIpc) is 2.87. The van der Waals surface area contributed by atoms with Gasteiger partial charge in [0.05, 0.1) is 0 Å². The highest BCUT2D eigenvalue weighted by molar-refractivity contribution is 5.43. The summed E-state index contributed by atoms with van der Waals surface area (Å²) in [6.07, 6.45) is 4.39. The van der Waals surface area contributed by atoms with Crippen LogP contribution in [0.4, 0.5) is 0 Å². The van der Waals surface area contributed by atoms with Crippen molar-refractivity contribution in [3.63, 3.8) is 0 Å². The minimum Gasteiger partial charge on any atom is -0.0622 e. The second kappa shape index (κ2) is 11.8. The van der Waals surface area contributed by atoms with Crippen molar-refractivity contribution in [3.8, 4) is 0 Å². The Morgan fingerprint density at radius 1 is 0.647 bits per heavy atom. The molecule has 4 rings (SSSR count). The molecule has 0 heteroatoms. The molecular formula is C34H37. The quantitative estimate of drug-likeness (QED) is 0.228. The molecular weight excluding hydrogens is 408 g/mol. The number of hydrogen-bond donors (Lipinski definition) is 0. The van der Waals surface area contributed by atoms with E-state index in [0.717, 1.165) is 25.7 Å². The van der Waals surface area contributed by atoms with Gasteiger partial charge in [0.25, 0.3) is 0 Å². The Balaban J connectivity index is 1.70. The van der Waals surface area contributed by atoms with Crippen LogP contribution in [0.5, 0.6) is 0 Å². The van der Waals surface area contributed by atoms with Crippen LogP contribution >= 0.6 is 0 Å². The van der Waals surface area contributed by atoms with Crippen LogP contribution in [0.1, 0.15) is 71.9 Å². The maximum Gasteiger partial charge on any atom is 0.0128 e. The molecule has 0 aromatic heterocycles. The van der Waals surface area contributed by atoms with Gasteiger partial charge >= 0.3 is 0 Å². The predicted octanol–water partition coefficient (Wildman–Crippen LogP) is 9.09. The van der Waals surface area contributed by atoms with Crippen LogP contribution < -0.4 is 0 Å². The fourth-order valence-corrected chi connectivity index (χ4v) is 4.92. The topological polar surface area (TPSA) is 0 Å². The molecule has 0 saturated heterocycles. The molecule has 0 amide bonds. The SMILES string of the molecule is Cc1cccc([C](CCCc2ccccc2)C(Cc2ccccc2)c2cccc(C(C)C)c2)c1. The fourth-order valence-electron chi connectivity index (χ4n) is 4.92. The summed E-state index contributed by atoms with van der Waals surface area (Å²) in [6.45, 7) is 6.78. The molecule has 1 atom stereocenters. The zero-order valence-electron chi connectivity index (χ0n) is 20.9. The summed E-state index contributed by atoms with van der Waals surface area (Å²) < 4.78 is 0. The summed E-state index contributed by atoms with van der Waals surface area (Å²) in [5.74, 6) is 2.45. The van der Waals surface area contributed by atoms with Gasteiger partial charge in [0.2, 0.25) is 0 Å². The Kier molecular flexibility index (Phi) is 8.36. The van der Waals surface area contributed by atoms with Gasteiger partial charge in [-0.05, 0) is 72.3 Å². The highest BCUT2D eigenvalue weighted by atomic mass is 14.3. The van der Waals surface area contributed by atoms with Gasteiger partial charge in [0.15, 0.2) is 0 Å². The second-order valence-electron chi connectivity index (χ2n) is 9.80. The standard InChI is InChI=1S/C34H37/c1-26(2)30-19-12-21-32(25-30)34(24-29-16-8-5-9-17-29)33(31-20-10-13-27(3)23-31)22-11-18-28-14-6-4-7-15-28/h4-10,12-17,19-21,23,25-26,34H,11,18,22,24H2,1-3H3. The van der Waals surface area contributed by atoms with Crippen LogP contribution in [0.15, 0.2) is 109 Å². The molecule has 0 aliphatic heterocycles. The minimum absolute atomic E-state index is 0.360. The molecule has 0 aliphatic carbocycles. The molecule has 4 aromatic rings. The first-order chi connectivity index (χ1) is 16.6. The van der Waals surface area contributed by atoms with E-state index < -0.39 is 0 Å². The third kappa shape index (κ3) is 6.48. The van der Waals surface area contributed by atoms with E-state index in [9.17, 15) is 0 Å². The van der Waals surface area contributed by atoms with Crippen molar-refractivity contribution < 1.29 is 0 Å². The molecule has 173 valence electrons. The van der Waals surface area contributed by atoms with Crippen LogP contribution in [0, 0.1) is 12.8 Å². The van der Waals surface area contributed by atoms with Crippen molar-refractivity contribution in [1.82, 2.24) is 0 Å². The van der Waals surface area contributed by atoms with Gasteiger partial charge in [-0.2, -0.15) is 0 Å². The molecule has 0 N–H and O–H groups in total. The van der Waals surface area contributed by atoms with Crippen molar-refractivity contribution in [2.75, 3.05) is 0 Å². The molecule has 0 saturated carbocycles. The van der Waals surface area contributed by atoms with Crippen molar-refractivity contribution in [3.05, 3.63) is 148 Å². The Labute approximate surface area is 206 Å². The summed E-state index contributed by atoms with van der Waals surface area (Å²) in [5, 5.41) is 0. The summed E-state index contributed by atoms with van der Waals surface area (Å²) >= 11 is 0. The lowest BCUT2D eigenvalue weighted by molar-refractivity contribution is 0.628. The molecule has 0 fully saturated rings. The largest absolute Gasteiger partial charge is 0.0622 e. The van der Waals surface area contributed by atoms with Crippen LogP contribution in [0.25, 0.3) is 0 Å². The van der Waals surface area contributed by atoms with Gasteiger partial charge in [-0.3, -0.25) is 0 Å². The first-order valence-corrected chi connectivity index (χ1v) is 12.7.